The van der Waals surface area contributed by atoms with Crippen LogP contribution in [0.3, 0.4) is 0 Å². The fourth-order valence-corrected chi connectivity index (χ4v) is 1.60. The molecule has 0 aliphatic rings. The molecule has 0 aliphatic carbocycles. The molecule has 0 saturated heterocycles. The Labute approximate surface area is 101 Å². The van der Waals surface area contributed by atoms with Crippen LogP contribution in [-0.4, -0.2) is 16.2 Å². The van der Waals surface area contributed by atoms with Gasteiger partial charge < -0.3 is 10.2 Å². The van der Waals surface area contributed by atoms with Crippen LogP contribution in [0.25, 0.3) is 11.1 Å². The van der Waals surface area contributed by atoms with Gasteiger partial charge in [-0.1, -0.05) is 0 Å². The van der Waals surface area contributed by atoms with Crippen molar-refractivity contribution in [2.75, 3.05) is 0 Å². The Bertz CT molecular complexity index is 624. The molecule has 2 N–H and O–H groups in total. The molecule has 0 heterocycles. The summed E-state index contributed by atoms with van der Waals surface area (Å²) in [7, 11) is 0. The van der Waals surface area contributed by atoms with E-state index in [9.17, 15) is 18.7 Å². The van der Waals surface area contributed by atoms with Crippen LogP contribution in [0.2, 0.25) is 0 Å². The summed E-state index contributed by atoms with van der Waals surface area (Å²) in [6.07, 6.45) is 0. The standard InChI is InChI=1S/C13H8F2O3/c14-8-2-4-9(11(15)6-8)10-3-1-7(13(17)18)5-12(10)16/h1-6,16H,(H,17,18). The van der Waals surface area contributed by atoms with E-state index in [0.29, 0.717) is 6.07 Å². The van der Waals surface area contributed by atoms with Gasteiger partial charge in [0.05, 0.1) is 5.56 Å². The van der Waals surface area contributed by atoms with Crippen molar-refractivity contribution in [3.8, 4) is 16.9 Å². The second kappa shape index (κ2) is 4.44. The van der Waals surface area contributed by atoms with Gasteiger partial charge in [0.1, 0.15) is 17.4 Å². The molecule has 0 unspecified atom stereocenters. The van der Waals surface area contributed by atoms with Crippen LogP contribution in [0.1, 0.15) is 10.4 Å². The molecule has 0 saturated carbocycles. The van der Waals surface area contributed by atoms with E-state index in [-0.39, 0.29) is 22.4 Å². The second-order valence-electron chi connectivity index (χ2n) is 3.66. The number of halogens is 2. The van der Waals surface area contributed by atoms with Gasteiger partial charge in [0.15, 0.2) is 0 Å². The Morgan fingerprint density at radius 3 is 2.22 bits per heavy atom. The number of carbonyl (C=O) groups is 1. The van der Waals surface area contributed by atoms with E-state index < -0.39 is 17.6 Å². The SMILES string of the molecule is O=C(O)c1ccc(-c2ccc(F)cc2F)c(O)c1. The largest absolute Gasteiger partial charge is 0.507 e. The average molecular weight is 250 g/mol. The molecule has 0 radical (unpaired) electrons. The first-order valence-corrected chi connectivity index (χ1v) is 5.01. The Hall–Kier alpha value is -2.43. The van der Waals surface area contributed by atoms with Gasteiger partial charge in [-0.15, -0.1) is 0 Å². The first-order valence-electron chi connectivity index (χ1n) is 5.01. The Kier molecular flexibility index (Phi) is 2.97. The van der Waals surface area contributed by atoms with Crippen LogP contribution in [0.4, 0.5) is 8.78 Å². The van der Waals surface area contributed by atoms with Gasteiger partial charge in [-0.2, -0.15) is 0 Å². The van der Waals surface area contributed by atoms with E-state index in [2.05, 4.69) is 0 Å². The van der Waals surface area contributed by atoms with E-state index in [1.165, 1.54) is 18.2 Å². The summed E-state index contributed by atoms with van der Waals surface area (Å²) >= 11 is 0. The van der Waals surface area contributed by atoms with Crippen molar-refractivity contribution in [3.63, 3.8) is 0 Å². The number of carboxylic acid groups (broad SMARTS) is 1. The van der Waals surface area contributed by atoms with Crippen molar-refractivity contribution in [1.82, 2.24) is 0 Å². The number of aromatic carboxylic acids is 1. The Morgan fingerprint density at radius 1 is 1.00 bits per heavy atom. The highest BCUT2D eigenvalue weighted by Gasteiger charge is 2.12. The molecule has 2 aromatic rings. The monoisotopic (exact) mass is 250 g/mol. The molecule has 0 aromatic heterocycles. The maximum atomic E-state index is 13.5. The van der Waals surface area contributed by atoms with Crippen LogP contribution >= 0.6 is 0 Å². The van der Waals surface area contributed by atoms with Gasteiger partial charge in [0.2, 0.25) is 0 Å². The van der Waals surface area contributed by atoms with Crippen LogP contribution in [-0.2, 0) is 0 Å². The molecular formula is C13H8F2O3. The van der Waals surface area contributed by atoms with Gasteiger partial charge in [0, 0.05) is 17.2 Å². The van der Waals surface area contributed by atoms with Gasteiger partial charge in [-0.25, -0.2) is 13.6 Å². The first-order chi connectivity index (χ1) is 8.49. The molecule has 2 aromatic carbocycles. The Balaban J connectivity index is 2.54. The molecule has 0 atom stereocenters. The summed E-state index contributed by atoms with van der Waals surface area (Å²) in [6.45, 7) is 0. The van der Waals surface area contributed by atoms with Gasteiger partial charge >= 0.3 is 5.97 Å². The van der Waals surface area contributed by atoms with Crippen LogP contribution in [0.15, 0.2) is 36.4 Å². The number of hydrogen-bond donors (Lipinski definition) is 2. The van der Waals surface area contributed by atoms with E-state index in [4.69, 9.17) is 5.11 Å². The van der Waals surface area contributed by atoms with E-state index >= 15 is 0 Å². The minimum Gasteiger partial charge on any atom is -0.507 e. The molecule has 0 aliphatic heterocycles. The first kappa shape index (κ1) is 12.0. The summed E-state index contributed by atoms with van der Waals surface area (Å²) in [6, 6.07) is 6.46. The predicted octanol–water partition coefficient (Wildman–Crippen LogP) is 3.04. The van der Waals surface area contributed by atoms with Crippen molar-refractivity contribution in [2.45, 2.75) is 0 Å². The third kappa shape index (κ3) is 2.15. The molecule has 18 heavy (non-hydrogen) atoms. The van der Waals surface area contributed by atoms with E-state index in [1.54, 1.807) is 0 Å². The predicted molar refractivity (Wildman–Crippen MR) is 60.4 cm³/mol. The summed E-state index contributed by atoms with van der Waals surface area (Å²) < 4.78 is 26.3. The fourth-order valence-electron chi connectivity index (χ4n) is 1.60. The number of phenolic OH excluding ortho intramolecular Hbond substituents is 1. The lowest BCUT2D eigenvalue weighted by molar-refractivity contribution is 0.0696. The molecule has 92 valence electrons. The maximum Gasteiger partial charge on any atom is 0.335 e. The van der Waals surface area contributed by atoms with Gasteiger partial charge in [0.25, 0.3) is 0 Å². The number of carboxylic acids is 1. The molecule has 2 rings (SSSR count). The normalized spacial score (nSPS) is 10.3. The lowest BCUT2D eigenvalue weighted by Gasteiger charge is -2.07. The maximum absolute atomic E-state index is 13.5. The van der Waals surface area contributed by atoms with Gasteiger partial charge in [-0.3, -0.25) is 0 Å². The number of phenols is 1. The van der Waals surface area contributed by atoms with Crippen molar-refractivity contribution in [1.29, 1.82) is 0 Å². The third-order valence-corrected chi connectivity index (χ3v) is 2.47. The minimum atomic E-state index is -1.20. The highest BCUT2D eigenvalue weighted by Crippen LogP contribution is 2.32. The van der Waals surface area contributed by atoms with Gasteiger partial charge in [-0.05, 0) is 30.3 Å². The fraction of sp³-hybridized carbons (Fsp3) is 0. The highest BCUT2D eigenvalue weighted by molar-refractivity contribution is 5.89. The zero-order valence-corrected chi connectivity index (χ0v) is 9.02. The molecule has 0 spiro atoms. The zero-order valence-electron chi connectivity index (χ0n) is 9.02. The van der Waals surface area contributed by atoms with Crippen LogP contribution in [0.5, 0.6) is 5.75 Å². The van der Waals surface area contributed by atoms with Crippen LogP contribution < -0.4 is 0 Å². The summed E-state index contributed by atoms with van der Waals surface area (Å²) in [4.78, 5) is 10.7. The minimum absolute atomic E-state index is 0.00541. The van der Waals surface area contributed by atoms with Crippen molar-refractivity contribution in [2.24, 2.45) is 0 Å². The second-order valence-corrected chi connectivity index (χ2v) is 3.66. The number of hydrogen-bond acceptors (Lipinski definition) is 2. The topological polar surface area (TPSA) is 57.5 Å². The van der Waals surface area contributed by atoms with Crippen molar-refractivity contribution in [3.05, 3.63) is 53.6 Å². The average Bonchev–Trinajstić information content (AvgIpc) is 2.30. The molecule has 0 bridgehead atoms. The molecule has 5 heteroatoms. The van der Waals surface area contributed by atoms with Crippen molar-refractivity contribution >= 4 is 5.97 Å². The lowest BCUT2D eigenvalue weighted by Crippen LogP contribution is -1.96. The highest BCUT2D eigenvalue weighted by atomic mass is 19.1. The third-order valence-electron chi connectivity index (χ3n) is 2.47. The van der Waals surface area contributed by atoms with Crippen molar-refractivity contribution < 1.29 is 23.8 Å². The number of rotatable bonds is 2. The Morgan fingerprint density at radius 2 is 1.67 bits per heavy atom. The van der Waals surface area contributed by atoms with E-state index in [1.807, 2.05) is 0 Å². The molecule has 0 amide bonds. The zero-order chi connectivity index (χ0) is 13.3. The summed E-state index contributed by atoms with van der Waals surface area (Å²) in [5.41, 5.74) is 0.00195. The summed E-state index contributed by atoms with van der Waals surface area (Å²) in [5, 5.41) is 18.4. The smallest absolute Gasteiger partial charge is 0.335 e. The quantitative estimate of drug-likeness (QED) is 0.861. The summed E-state index contributed by atoms with van der Waals surface area (Å²) in [5.74, 6) is -3.12. The van der Waals surface area contributed by atoms with Crippen LogP contribution in [0, 0.1) is 11.6 Å². The molecule has 3 nitrogen and oxygen atoms in total. The van der Waals surface area contributed by atoms with E-state index in [0.717, 1.165) is 12.1 Å². The lowest BCUT2D eigenvalue weighted by atomic mass is 10.0. The molecule has 0 fully saturated rings. The number of benzene rings is 2. The molecular weight excluding hydrogens is 242 g/mol. The number of aromatic hydroxyl groups is 1.